The average molecular weight is 462 g/mol. The van der Waals surface area contributed by atoms with Crippen LogP contribution in [0.15, 0.2) is 29.3 Å². The zero-order chi connectivity index (χ0) is 16.9. The number of carbonyl (C=O) groups excluding carboxylic acids is 1. The van der Waals surface area contributed by atoms with Crippen LogP contribution < -0.4 is 10.6 Å². The zero-order valence-corrected chi connectivity index (χ0v) is 17.9. The average Bonchev–Trinajstić information content (AvgIpc) is 2.54. The number of carbonyl (C=O) groups is 1. The van der Waals surface area contributed by atoms with Crippen molar-refractivity contribution in [2.45, 2.75) is 25.1 Å². The van der Waals surface area contributed by atoms with E-state index in [9.17, 15) is 4.79 Å². The number of rotatable bonds is 3. The third kappa shape index (κ3) is 5.84. The Morgan fingerprint density at radius 1 is 1.33 bits per heavy atom. The molecule has 1 aliphatic rings. The fraction of sp³-hybridized carbons (Fsp3) is 0.529. The number of nitrogens with zero attached hydrogens (tertiary/aromatic N) is 2. The molecule has 0 saturated carbocycles. The van der Waals surface area contributed by atoms with Gasteiger partial charge in [0.2, 0.25) is 0 Å². The van der Waals surface area contributed by atoms with Crippen LogP contribution in [0.5, 0.6) is 0 Å². The minimum atomic E-state index is -0.0617. The molecule has 0 aromatic heterocycles. The van der Waals surface area contributed by atoms with Gasteiger partial charge in [-0.25, -0.2) is 0 Å². The number of hydrogen-bond acceptors (Lipinski definition) is 3. The monoisotopic (exact) mass is 462 g/mol. The standard InChI is InChI=1S/C17H26N4OS.HI/c1-17(2)12-21(9-10-23-17)16(19-4)20-11-13-5-7-14(8-6-13)15(22)18-3;/h5-8H,9-12H2,1-4H3,(H,18,22)(H,19,20);1H. The summed E-state index contributed by atoms with van der Waals surface area (Å²) in [6.07, 6.45) is 0. The number of aliphatic imine (C=N–C) groups is 1. The summed E-state index contributed by atoms with van der Waals surface area (Å²) in [6, 6.07) is 7.64. The van der Waals surface area contributed by atoms with Crippen LogP contribution in [0.4, 0.5) is 0 Å². The molecule has 1 amide bonds. The van der Waals surface area contributed by atoms with Crippen molar-refractivity contribution in [2.75, 3.05) is 32.9 Å². The first-order valence-electron chi connectivity index (χ1n) is 7.86. The number of benzene rings is 1. The normalized spacial score (nSPS) is 17.0. The number of guanidine groups is 1. The zero-order valence-electron chi connectivity index (χ0n) is 14.8. The number of nitrogens with one attached hydrogen (secondary N) is 2. The number of hydrogen-bond donors (Lipinski definition) is 2. The lowest BCUT2D eigenvalue weighted by Crippen LogP contribution is -2.50. The summed E-state index contributed by atoms with van der Waals surface area (Å²) < 4.78 is 0.255. The molecule has 134 valence electrons. The van der Waals surface area contributed by atoms with Crippen LogP contribution in [-0.2, 0) is 6.54 Å². The molecule has 0 bridgehead atoms. The molecule has 1 aromatic rings. The maximum atomic E-state index is 11.6. The smallest absolute Gasteiger partial charge is 0.251 e. The lowest BCUT2D eigenvalue weighted by molar-refractivity contribution is 0.0963. The van der Waals surface area contributed by atoms with Gasteiger partial charge in [-0.3, -0.25) is 9.79 Å². The summed E-state index contributed by atoms with van der Waals surface area (Å²) in [7, 11) is 3.46. The highest BCUT2D eigenvalue weighted by atomic mass is 127. The second-order valence-electron chi connectivity index (χ2n) is 6.21. The van der Waals surface area contributed by atoms with Gasteiger partial charge in [0.15, 0.2) is 5.96 Å². The Bertz CT molecular complexity index is 574. The number of amides is 1. The van der Waals surface area contributed by atoms with E-state index in [0.29, 0.717) is 12.1 Å². The SMILES string of the molecule is CN=C(NCc1ccc(C(=O)NC)cc1)N1CCSC(C)(C)C1.I. The Morgan fingerprint density at radius 3 is 2.54 bits per heavy atom. The Kier molecular flexibility index (Phi) is 8.35. The molecule has 2 rings (SSSR count). The highest BCUT2D eigenvalue weighted by Crippen LogP contribution is 2.29. The van der Waals surface area contributed by atoms with Crippen LogP contribution >= 0.6 is 35.7 Å². The first kappa shape index (κ1) is 21.1. The molecule has 0 unspecified atom stereocenters. The van der Waals surface area contributed by atoms with Crippen LogP contribution in [0.2, 0.25) is 0 Å². The Morgan fingerprint density at radius 2 is 2.00 bits per heavy atom. The van der Waals surface area contributed by atoms with Gasteiger partial charge in [-0.15, -0.1) is 24.0 Å². The van der Waals surface area contributed by atoms with E-state index in [1.54, 1.807) is 7.05 Å². The molecule has 5 nitrogen and oxygen atoms in total. The summed E-state index contributed by atoms with van der Waals surface area (Å²) in [6.45, 7) is 7.25. The summed E-state index contributed by atoms with van der Waals surface area (Å²) in [4.78, 5) is 18.3. The molecule has 1 fully saturated rings. The van der Waals surface area contributed by atoms with Crippen molar-refractivity contribution < 1.29 is 4.79 Å². The van der Waals surface area contributed by atoms with Gasteiger partial charge < -0.3 is 15.5 Å². The third-order valence-electron chi connectivity index (χ3n) is 3.83. The molecule has 0 aliphatic carbocycles. The summed E-state index contributed by atoms with van der Waals surface area (Å²) in [5, 5.41) is 6.05. The summed E-state index contributed by atoms with van der Waals surface area (Å²) >= 11 is 2.01. The predicted molar refractivity (Wildman–Crippen MR) is 114 cm³/mol. The van der Waals surface area contributed by atoms with Gasteiger partial charge in [0, 0.05) is 49.8 Å². The molecule has 0 spiro atoms. The maximum Gasteiger partial charge on any atom is 0.251 e. The quantitative estimate of drug-likeness (QED) is 0.412. The molecule has 7 heteroatoms. The van der Waals surface area contributed by atoms with E-state index in [1.165, 1.54) is 0 Å². The molecule has 1 saturated heterocycles. The number of thioether (sulfide) groups is 1. The maximum absolute atomic E-state index is 11.6. The summed E-state index contributed by atoms with van der Waals surface area (Å²) in [5.74, 6) is 2.00. The lowest BCUT2D eigenvalue weighted by Gasteiger charge is -2.39. The Balaban J connectivity index is 0.00000288. The first-order chi connectivity index (χ1) is 10.9. The fourth-order valence-corrected chi connectivity index (χ4v) is 3.74. The van der Waals surface area contributed by atoms with Crippen LogP contribution in [0.1, 0.15) is 29.8 Å². The molecule has 0 radical (unpaired) electrons. The van der Waals surface area contributed by atoms with Gasteiger partial charge >= 0.3 is 0 Å². The largest absolute Gasteiger partial charge is 0.355 e. The third-order valence-corrected chi connectivity index (χ3v) is 5.13. The van der Waals surface area contributed by atoms with Crippen molar-refractivity contribution in [3.05, 3.63) is 35.4 Å². The molecule has 24 heavy (non-hydrogen) atoms. The van der Waals surface area contributed by atoms with E-state index >= 15 is 0 Å². The van der Waals surface area contributed by atoms with E-state index < -0.39 is 0 Å². The molecular formula is C17H27IN4OS. The van der Waals surface area contributed by atoms with Crippen LogP contribution in [-0.4, -0.2) is 54.5 Å². The second-order valence-corrected chi connectivity index (χ2v) is 8.01. The van der Waals surface area contributed by atoms with Crippen LogP contribution in [0, 0.1) is 0 Å². The highest BCUT2D eigenvalue weighted by molar-refractivity contribution is 14.0. The fourth-order valence-electron chi connectivity index (χ4n) is 2.63. The van der Waals surface area contributed by atoms with Crippen molar-refractivity contribution in [1.29, 1.82) is 0 Å². The van der Waals surface area contributed by atoms with Gasteiger partial charge in [-0.1, -0.05) is 12.1 Å². The number of halogens is 1. The molecule has 0 atom stereocenters. The van der Waals surface area contributed by atoms with Gasteiger partial charge in [0.05, 0.1) is 0 Å². The topological polar surface area (TPSA) is 56.7 Å². The van der Waals surface area contributed by atoms with E-state index in [0.717, 1.165) is 30.4 Å². The molecule has 1 aromatic carbocycles. The van der Waals surface area contributed by atoms with Crippen molar-refractivity contribution in [3.63, 3.8) is 0 Å². The van der Waals surface area contributed by atoms with Gasteiger partial charge in [-0.2, -0.15) is 11.8 Å². The van der Waals surface area contributed by atoms with E-state index in [1.807, 2.05) is 43.1 Å². The Hall–Kier alpha value is -0.960. The lowest BCUT2D eigenvalue weighted by atomic mass is 10.1. The summed E-state index contributed by atoms with van der Waals surface area (Å²) in [5.41, 5.74) is 1.81. The molecule has 2 N–H and O–H groups in total. The van der Waals surface area contributed by atoms with Crippen molar-refractivity contribution in [3.8, 4) is 0 Å². The highest BCUT2D eigenvalue weighted by Gasteiger charge is 2.28. The van der Waals surface area contributed by atoms with Gasteiger partial charge in [0.25, 0.3) is 5.91 Å². The van der Waals surface area contributed by atoms with Crippen molar-refractivity contribution in [1.82, 2.24) is 15.5 Å². The van der Waals surface area contributed by atoms with Gasteiger partial charge in [-0.05, 0) is 31.5 Å². The second kappa shape index (κ2) is 9.50. The van der Waals surface area contributed by atoms with Crippen molar-refractivity contribution >= 4 is 47.6 Å². The predicted octanol–water partition coefficient (Wildman–Crippen LogP) is 2.57. The minimum Gasteiger partial charge on any atom is -0.355 e. The van der Waals surface area contributed by atoms with Crippen LogP contribution in [0.25, 0.3) is 0 Å². The van der Waals surface area contributed by atoms with E-state index in [-0.39, 0.29) is 34.6 Å². The molecule has 1 heterocycles. The van der Waals surface area contributed by atoms with E-state index in [2.05, 4.69) is 34.4 Å². The van der Waals surface area contributed by atoms with E-state index in [4.69, 9.17) is 0 Å². The first-order valence-corrected chi connectivity index (χ1v) is 8.84. The minimum absolute atomic E-state index is 0. The van der Waals surface area contributed by atoms with Crippen molar-refractivity contribution in [2.24, 2.45) is 4.99 Å². The molecule has 1 aliphatic heterocycles. The van der Waals surface area contributed by atoms with Gasteiger partial charge in [0.1, 0.15) is 0 Å². The van der Waals surface area contributed by atoms with Crippen LogP contribution in [0.3, 0.4) is 0 Å². The Labute approximate surface area is 166 Å². The molecular weight excluding hydrogens is 435 g/mol.